The molecule has 0 bridgehead atoms. The first-order valence-corrected chi connectivity index (χ1v) is 14.7. The van der Waals surface area contributed by atoms with Crippen LogP contribution in [0, 0.1) is 12.8 Å². The van der Waals surface area contributed by atoms with E-state index in [1.54, 1.807) is 29.2 Å². The Labute approximate surface area is 248 Å². The topological polar surface area (TPSA) is 101 Å². The van der Waals surface area contributed by atoms with E-state index in [1.165, 1.54) is 0 Å². The van der Waals surface area contributed by atoms with Crippen molar-refractivity contribution >= 4 is 23.3 Å². The molecule has 8 nitrogen and oxygen atoms in total. The van der Waals surface area contributed by atoms with Gasteiger partial charge in [-0.25, -0.2) is 9.48 Å². The van der Waals surface area contributed by atoms with Gasteiger partial charge in [-0.15, -0.1) is 0 Å². The van der Waals surface area contributed by atoms with Crippen molar-refractivity contribution in [3.05, 3.63) is 102 Å². The number of Topliss-reactive ketones (excluding diaryl/α,β-unsaturated/α-hetero) is 1. The number of hydrogen-bond donors (Lipinski definition) is 3. The molecule has 3 N–H and O–H groups in total. The lowest BCUT2D eigenvalue weighted by atomic mass is 9.77. The zero-order valence-electron chi connectivity index (χ0n) is 24.9. The summed E-state index contributed by atoms with van der Waals surface area (Å²) < 4.78 is 1.77. The predicted octanol–water partition coefficient (Wildman–Crippen LogP) is 6.87. The fourth-order valence-corrected chi connectivity index (χ4v) is 5.47. The lowest BCUT2D eigenvalue weighted by Crippen LogP contribution is -2.31. The summed E-state index contributed by atoms with van der Waals surface area (Å²) in [5, 5.41) is 14.2. The zero-order chi connectivity index (χ0) is 29.7. The minimum absolute atomic E-state index is 0.107. The molecule has 2 aromatic carbocycles. The number of aromatic nitrogens is 3. The normalized spacial score (nSPS) is 14.8. The highest BCUT2D eigenvalue weighted by molar-refractivity contribution is 5.99. The molecule has 1 fully saturated rings. The first-order chi connectivity index (χ1) is 20.2. The van der Waals surface area contributed by atoms with Crippen molar-refractivity contribution in [1.29, 1.82) is 0 Å². The van der Waals surface area contributed by atoms with E-state index in [4.69, 9.17) is 5.10 Å². The molecule has 0 spiro atoms. The number of amides is 2. The Bertz CT molecular complexity index is 1500. The summed E-state index contributed by atoms with van der Waals surface area (Å²) >= 11 is 0. The summed E-state index contributed by atoms with van der Waals surface area (Å²) in [6.07, 6.45) is 5.83. The van der Waals surface area contributed by atoms with Crippen LogP contribution in [-0.4, -0.2) is 39.7 Å². The molecule has 4 aromatic rings. The molecule has 1 unspecified atom stereocenters. The van der Waals surface area contributed by atoms with Gasteiger partial charge < -0.3 is 10.6 Å². The maximum Gasteiger partial charge on any atom is 0.324 e. The van der Waals surface area contributed by atoms with Gasteiger partial charge in [0.05, 0.1) is 11.4 Å². The van der Waals surface area contributed by atoms with Crippen LogP contribution >= 0.6 is 0 Å². The highest BCUT2D eigenvalue weighted by Gasteiger charge is 2.28. The molecule has 218 valence electrons. The van der Waals surface area contributed by atoms with Gasteiger partial charge in [-0.05, 0) is 86.7 Å². The Morgan fingerprint density at radius 2 is 1.62 bits per heavy atom. The zero-order valence-corrected chi connectivity index (χ0v) is 24.9. The third-order valence-electron chi connectivity index (χ3n) is 7.96. The van der Waals surface area contributed by atoms with Crippen LogP contribution in [0.25, 0.3) is 5.69 Å². The first-order valence-electron chi connectivity index (χ1n) is 14.7. The van der Waals surface area contributed by atoms with Crippen LogP contribution in [0.1, 0.15) is 73.1 Å². The molecule has 1 atom stereocenters. The van der Waals surface area contributed by atoms with Gasteiger partial charge in [-0.3, -0.25) is 15.1 Å². The van der Waals surface area contributed by atoms with E-state index in [9.17, 15) is 9.59 Å². The first kappa shape index (κ1) is 29.2. The molecule has 1 aliphatic rings. The lowest BCUT2D eigenvalue weighted by Gasteiger charge is -2.31. The van der Waals surface area contributed by atoms with Crippen LogP contribution in [0.5, 0.6) is 0 Å². The van der Waals surface area contributed by atoms with E-state index in [-0.39, 0.29) is 23.1 Å². The van der Waals surface area contributed by atoms with Gasteiger partial charge in [0.25, 0.3) is 0 Å². The van der Waals surface area contributed by atoms with Crippen LogP contribution in [-0.2, 0) is 5.41 Å². The van der Waals surface area contributed by atoms with Gasteiger partial charge in [0.1, 0.15) is 5.82 Å². The van der Waals surface area contributed by atoms with Crippen molar-refractivity contribution in [2.24, 2.45) is 5.92 Å². The number of carbonyl (C=O) groups excluding carboxylic acids is 2. The molecule has 8 heteroatoms. The highest BCUT2D eigenvalue weighted by Crippen LogP contribution is 2.35. The predicted molar refractivity (Wildman–Crippen MR) is 168 cm³/mol. The van der Waals surface area contributed by atoms with Crippen LogP contribution < -0.4 is 16.0 Å². The van der Waals surface area contributed by atoms with Crippen LogP contribution in [0.15, 0.2) is 79.1 Å². The molecule has 42 heavy (non-hydrogen) atoms. The quantitative estimate of drug-likeness (QED) is 0.203. The molecule has 2 amide bonds. The molecule has 0 aliphatic carbocycles. The second kappa shape index (κ2) is 12.7. The SMILES string of the molecule is Cc1ccc(-n2nc(C(C)(C)C)cc2NC(=O)Nc2ccc(C(CC(=O)c3ccncc3)C3CCNCC3)cc2)cc1. The van der Waals surface area contributed by atoms with Gasteiger partial charge in [-0.2, -0.15) is 5.10 Å². The van der Waals surface area contributed by atoms with E-state index in [0.29, 0.717) is 29.4 Å². The van der Waals surface area contributed by atoms with Crippen LogP contribution in [0.3, 0.4) is 0 Å². The van der Waals surface area contributed by atoms with E-state index < -0.39 is 0 Å². The number of ketones is 1. The van der Waals surface area contributed by atoms with E-state index in [1.807, 2.05) is 61.5 Å². The van der Waals surface area contributed by atoms with Gasteiger partial charge in [0.2, 0.25) is 0 Å². The van der Waals surface area contributed by atoms with Crippen molar-refractivity contribution in [3.8, 4) is 5.69 Å². The summed E-state index contributed by atoms with van der Waals surface area (Å²) in [6.45, 7) is 10.3. The minimum Gasteiger partial charge on any atom is -0.317 e. The number of nitrogens with zero attached hydrogens (tertiary/aromatic N) is 3. The highest BCUT2D eigenvalue weighted by atomic mass is 16.2. The van der Waals surface area contributed by atoms with Gasteiger partial charge in [0.15, 0.2) is 5.78 Å². The van der Waals surface area contributed by atoms with Gasteiger partial charge >= 0.3 is 6.03 Å². The molecule has 2 aromatic heterocycles. The van der Waals surface area contributed by atoms with Crippen molar-refractivity contribution in [3.63, 3.8) is 0 Å². The molecular weight excluding hydrogens is 524 g/mol. The Balaban J connectivity index is 1.31. The van der Waals surface area contributed by atoms with E-state index in [2.05, 4.69) is 41.7 Å². The number of pyridine rings is 1. The number of rotatable bonds is 8. The van der Waals surface area contributed by atoms with E-state index in [0.717, 1.165) is 48.4 Å². The lowest BCUT2D eigenvalue weighted by molar-refractivity contribution is 0.0959. The maximum atomic E-state index is 13.2. The second-order valence-electron chi connectivity index (χ2n) is 12.2. The number of aryl methyl sites for hydroxylation is 1. The fourth-order valence-electron chi connectivity index (χ4n) is 5.47. The molecule has 1 aliphatic heterocycles. The second-order valence-corrected chi connectivity index (χ2v) is 12.2. The monoisotopic (exact) mass is 564 g/mol. The average molecular weight is 565 g/mol. The number of urea groups is 1. The molecular formula is C34H40N6O2. The molecule has 0 saturated carbocycles. The third kappa shape index (κ3) is 7.12. The summed E-state index contributed by atoms with van der Waals surface area (Å²) in [4.78, 5) is 30.3. The van der Waals surface area contributed by atoms with Crippen LogP contribution in [0.2, 0.25) is 0 Å². The van der Waals surface area contributed by atoms with Gasteiger partial charge in [-0.1, -0.05) is 50.6 Å². The van der Waals surface area contributed by atoms with Crippen molar-refractivity contribution in [1.82, 2.24) is 20.1 Å². The molecule has 0 radical (unpaired) electrons. The number of hydrogen-bond acceptors (Lipinski definition) is 5. The minimum atomic E-state index is -0.348. The Kier molecular flexibility index (Phi) is 8.83. The van der Waals surface area contributed by atoms with Crippen LogP contribution in [0.4, 0.5) is 16.3 Å². The Hall–Kier alpha value is -4.30. The maximum absolute atomic E-state index is 13.2. The Morgan fingerprint density at radius 1 is 0.952 bits per heavy atom. The molecule has 3 heterocycles. The summed E-state index contributed by atoms with van der Waals surface area (Å²) in [7, 11) is 0. The van der Waals surface area contributed by atoms with Crippen molar-refractivity contribution in [2.75, 3.05) is 23.7 Å². The summed E-state index contributed by atoms with van der Waals surface area (Å²) in [5.74, 6) is 1.24. The van der Waals surface area contributed by atoms with Crippen molar-refractivity contribution < 1.29 is 9.59 Å². The largest absolute Gasteiger partial charge is 0.324 e. The van der Waals surface area contributed by atoms with E-state index >= 15 is 0 Å². The number of nitrogens with one attached hydrogen (secondary N) is 3. The number of benzene rings is 2. The number of carbonyl (C=O) groups is 2. The number of anilines is 2. The van der Waals surface area contributed by atoms with Gasteiger partial charge in [0, 0.05) is 41.5 Å². The average Bonchev–Trinajstić information content (AvgIpc) is 3.42. The molecule has 5 rings (SSSR count). The Morgan fingerprint density at radius 3 is 2.26 bits per heavy atom. The standard InChI is InChI=1S/C34H40N6O2/c1-23-5-11-28(12-6-23)40-32(22-31(39-40)34(2,3)4)38-33(42)37-27-9-7-24(8-10-27)29(25-13-17-35-18-14-25)21-30(41)26-15-19-36-20-16-26/h5-12,15-16,19-20,22,25,29,35H,13-14,17-18,21H2,1-4H3,(H2,37,38,42). The number of piperidine rings is 1. The molecule has 1 saturated heterocycles. The third-order valence-corrected chi connectivity index (χ3v) is 7.96. The smallest absolute Gasteiger partial charge is 0.317 e. The summed E-state index contributed by atoms with van der Waals surface area (Å²) in [6, 6.07) is 21.1. The van der Waals surface area contributed by atoms with Crippen molar-refractivity contribution in [2.45, 2.75) is 58.3 Å². The fraction of sp³-hybridized carbons (Fsp3) is 0.353. The summed E-state index contributed by atoms with van der Waals surface area (Å²) in [5.41, 5.74) is 5.22.